The topological polar surface area (TPSA) is 70.4 Å². The molecule has 0 spiro atoms. The molecule has 5 nitrogen and oxygen atoms in total. The number of esters is 1. The van der Waals surface area contributed by atoms with E-state index in [2.05, 4.69) is 6.07 Å². The Bertz CT molecular complexity index is 866. The molecule has 0 radical (unpaired) electrons. The molecule has 1 amide bonds. The molecular formula is C21H20N2O3. The van der Waals surface area contributed by atoms with Gasteiger partial charge in [-0.1, -0.05) is 24.3 Å². The van der Waals surface area contributed by atoms with Gasteiger partial charge in [0.05, 0.1) is 30.0 Å². The molecule has 132 valence electrons. The maximum atomic E-state index is 12.8. The normalized spacial score (nSPS) is 12.8. The Morgan fingerprint density at radius 2 is 1.96 bits per heavy atom. The maximum absolute atomic E-state index is 12.8. The van der Waals surface area contributed by atoms with E-state index in [-0.39, 0.29) is 5.91 Å². The van der Waals surface area contributed by atoms with Gasteiger partial charge in [0, 0.05) is 13.0 Å². The van der Waals surface area contributed by atoms with Crippen LogP contribution in [0.2, 0.25) is 0 Å². The van der Waals surface area contributed by atoms with E-state index in [9.17, 15) is 9.59 Å². The second-order valence-electron chi connectivity index (χ2n) is 6.26. The minimum atomic E-state index is -0.423. The molecule has 3 rings (SSSR count). The third-order valence-corrected chi connectivity index (χ3v) is 4.63. The summed E-state index contributed by atoms with van der Waals surface area (Å²) in [5, 5.41) is 8.85. The number of amides is 1. The van der Waals surface area contributed by atoms with Crippen molar-refractivity contribution >= 4 is 17.6 Å². The number of para-hydroxylation sites is 1. The van der Waals surface area contributed by atoms with E-state index in [1.165, 1.54) is 7.11 Å². The van der Waals surface area contributed by atoms with Gasteiger partial charge in [-0.3, -0.25) is 4.79 Å². The largest absolute Gasteiger partial charge is 0.465 e. The van der Waals surface area contributed by atoms with Gasteiger partial charge >= 0.3 is 5.97 Å². The van der Waals surface area contributed by atoms with Crippen LogP contribution in [0.25, 0.3) is 0 Å². The molecule has 0 fully saturated rings. The van der Waals surface area contributed by atoms with Gasteiger partial charge in [0.2, 0.25) is 5.91 Å². The van der Waals surface area contributed by atoms with E-state index in [1.54, 1.807) is 23.1 Å². The first-order chi connectivity index (χ1) is 12.6. The highest BCUT2D eigenvalue weighted by Crippen LogP contribution is 2.32. The average Bonchev–Trinajstić information content (AvgIpc) is 2.70. The monoisotopic (exact) mass is 348 g/mol. The smallest absolute Gasteiger partial charge is 0.339 e. The predicted octanol–water partition coefficient (Wildman–Crippen LogP) is 3.26. The van der Waals surface area contributed by atoms with Crippen molar-refractivity contribution in [1.29, 1.82) is 5.26 Å². The molecule has 1 aliphatic rings. The summed E-state index contributed by atoms with van der Waals surface area (Å²) in [7, 11) is 1.35. The number of carbonyl (C=O) groups excluding carboxylic acids is 2. The van der Waals surface area contributed by atoms with Gasteiger partial charge in [-0.05, 0) is 48.6 Å². The molecule has 1 heterocycles. The molecular weight excluding hydrogens is 328 g/mol. The second kappa shape index (κ2) is 7.83. The van der Waals surface area contributed by atoms with E-state index in [0.717, 1.165) is 24.0 Å². The fourth-order valence-electron chi connectivity index (χ4n) is 3.31. The minimum absolute atomic E-state index is 0.00772. The zero-order valence-electron chi connectivity index (χ0n) is 14.7. The zero-order chi connectivity index (χ0) is 18.5. The molecule has 0 atom stereocenters. The lowest BCUT2D eigenvalue weighted by Crippen LogP contribution is -2.37. The Labute approximate surface area is 152 Å². The Kier molecular flexibility index (Phi) is 5.33. The van der Waals surface area contributed by atoms with Crippen LogP contribution in [0, 0.1) is 11.3 Å². The standard InChI is InChI=1S/C21H20N2O3/c1-26-21(25)18-6-2-4-17-5-3-13-23(20(17)18)19(24)12-11-15-7-9-16(14-22)10-8-15/h2,4,6-10H,3,5,11-13H2,1H3. The zero-order valence-corrected chi connectivity index (χ0v) is 14.7. The van der Waals surface area contributed by atoms with Gasteiger partial charge in [-0.15, -0.1) is 0 Å². The second-order valence-corrected chi connectivity index (χ2v) is 6.26. The van der Waals surface area contributed by atoms with Crippen LogP contribution in [0.4, 0.5) is 5.69 Å². The van der Waals surface area contributed by atoms with Crippen LogP contribution < -0.4 is 4.90 Å². The molecule has 0 bridgehead atoms. The number of hydrogen-bond donors (Lipinski definition) is 0. The van der Waals surface area contributed by atoms with Gasteiger partial charge < -0.3 is 9.64 Å². The Balaban J connectivity index is 1.79. The van der Waals surface area contributed by atoms with Crippen molar-refractivity contribution in [3.05, 3.63) is 64.7 Å². The van der Waals surface area contributed by atoms with Crippen molar-refractivity contribution in [3.8, 4) is 6.07 Å². The minimum Gasteiger partial charge on any atom is -0.465 e. The van der Waals surface area contributed by atoms with Crippen molar-refractivity contribution in [2.45, 2.75) is 25.7 Å². The summed E-state index contributed by atoms with van der Waals surface area (Å²) in [4.78, 5) is 26.7. The van der Waals surface area contributed by atoms with Crippen LogP contribution in [-0.4, -0.2) is 25.5 Å². The number of methoxy groups -OCH3 is 1. The van der Waals surface area contributed by atoms with E-state index < -0.39 is 5.97 Å². The molecule has 0 saturated heterocycles. The molecule has 26 heavy (non-hydrogen) atoms. The Hall–Kier alpha value is -3.13. The summed E-state index contributed by atoms with van der Waals surface area (Å²) in [5.74, 6) is -0.430. The number of fused-ring (bicyclic) bond motifs is 1. The van der Waals surface area contributed by atoms with Crippen molar-refractivity contribution in [1.82, 2.24) is 0 Å². The summed E-state index contributed by atoms with van der Waals surface area (Å²) in [6, 6.07) is 14.8. The van der Waals surface area contributed by atoms with Gasteiger partial charge in [0.15, 0.2) is 0 Å². The number of hydrogen-bond acceptors (Lipinski definition) is 4. The number of ether oxygens (including phenoxy) is 1. The van der Waals surface area contributed by atoms with Crippen LogP contribution in [0.1, 0.15) is 39.9 Å². The van der Waals surface area contributed by atoms with Crippen LogP contribution >= 0.6 is 0 Å². The highest BCUT2D eigenvalue weighted by molar-refractivity contribution is 6.04. The lowest BCUT2D eigenvalue weighted by molar-refractivity contribution is -0.118. The molecule has 0 saturated carbocycles. The SMILES string of the molecule is COC(=O)c1cccc2c1N(C(=O)CCc1ccc(C#N)cc1)CCC2. The summed E-state index contributed by atoms with van der Waals surface area (Å²) in [6.07, 6.45) is 2.66. The fraction of sp³-hybridized carbons (Fsp3) is 0.286. The molecule has 0 aliphatic carbocycles. The highest BCUT2D eigenvalue weighted by atomic mass is 16.5. The molecule has 0 aromatic heterocycles. The Morgan fingerprint density at radius 3 is 2.65 bits per heavy atom. The summed E-state index contributed by atoms with van der Waals surface area (Å²) >= 11 is 0. The molecule has 5 heteroatoms. The van der Waals surface area contributed by atoms with E-state index in [1.807, 2.05) is 24.3 Å². The van der Waals surface area contributed by atoms with Crippen LogP contribution in [0.15, 0.2) is 42.5 Å². The summed E-state index contributed by atoms with van der Waals surface area (Å²) < 4.78 is 4.88. The number of carbonyl (C=O) groups is 2. The van der Waals surface area contributed by atoms with Crippen molar-refractivity contribution in [3.63, 3.8) is 0 Å². The number of anilines is 1. The molecule has 0 N–H and O–H groups in total. The molecule has 1 aliphatic heterocycles. The number of nitrogens with zero attached hydrogens (tertiary/aromatic N) is 2. The van der Waals surface area contributed by atoms with E-state index >= 15 is 0 Å². The van der Waals surface area contributed by atoms with Crippen molar-refractivity contribution < 1.29 is 14.3 Å². The van der Waals surface area contributed by atoms with Crippen LogP contribution in [0.5, 0.6) is 0 Å². The van der Waals surface area contributed by atoms with Gasteiger partial charge in [-0.25, -0.2) is 4.79 Å². The van der Waals surface area contributed by atoms with E-state index in [4.69, 9.17) is 10.00 Å². The van der Waals surface area contributed by atoms with Gasteiger partial charge in [-0.2, -0.15) is 5.26 Å². The number of rotatable bonds is 4. The van der Waals surface area contributed by atoms with E-state index in [0.29, 0.717) is 36.2 Å². The lowest BCUT2D eigenvalue weighted by atomic mass is 9.97. The summed E-state index contributed by atoms with van der Waals surface area (Å²) in [5.41, 5.74) is 3.75. The predicted molar refractivity (Wildman–Crippen MR) is 97.9 cm³/mol. The third kappa shape index (κ3) is 3.60. The van der Waals surface area contributed by atoms with Crippen molar-refractivity contribution in [2.24, 2.45) is 0 Å². The van der Waals surface area contributed by atoms with Gasteiger partial charge in [0.25, 0.3) is 0 Å². The first-order valence-corrected chi connectivity index (χ1v) is 8.63. The molecule has 0 unspecified atom stereocenters. The lowest BCUT2D eigenvalue weighted by Gasteiger charge is -2.31. The third-order valence-electron chi connectivity index (χ3n) is 4.63. The number of aryl methyl sites for hydroxylation is 2. The summed E-state index contributed by atoms with van der Waals surface area (Å²) in [6.45, 7) is 0.604. The van der Waals surface area contributed by atoms with Gasteiger partial charge in [0.1, 0.15) is 0 Å². The van der Waals surface area contributed by atoms with Crippen LogP contribution in [-0.2, 0) is 22.4 Å². The van der Waals surface area contributed by atoms with Crippen LogP contribution in [0.3, 0.4) is 0 Å². The quantitative estimate of drug-likeness (QED) is 0.795. The molecule has 2 aromatic carbocycles. The maximum Gasteiger partial charge on any atom is 0.339 e. The first kappa shape index (κ1) is 17.7. The first-order valence-electron chi connectivity index (χ1n) is 8.63. The average molecular weight is 348 g/mol. The molecule has 2 aromatic rings. The fourth-order valence-corrected chi connectivity index (χ4v) is 3.31. The Morgan fingerprint density at radius 1 is 1.19 bits per heavy atom. The number of nitriles is 1. The number of benzene rings is 2. The highest BCUT2D eigenvalue weighted by Gasteiger charge is 2.27. The van der Waals surface area contributed by atoms with Crippen molar-refractivity contribution in [2.75, 3.05) is 18.6 Å².